The summed E-state index contributed by atoms with van der Waals surface area (Å²) < 4.78 is 5.30. The Morgan fingerprint density at radius 1 is 1.41 bits per heavy atom. The molecule has 1 amide bonds. The zero-order chi connectivity index (χ0) is 12.3. The number of nitrogens with two attached hydrogens (primary N) is 1. The number of methoxy groups -OCH3 is 1. The van der Waals surface area contributed by atoms with E-state index in [1.165, 1.54) is 12.4 Å². The number of hydrogen-bond donors (Lipinski definition) is 1. The molecule has 1 saturated heterocycles. The molecule has 2 rings (SSSR count). The van der Waals surface area contributed by atoms with Gasteiger partial charge in [-0.05, 0) is 12.8 Å². The molecule has 0 spiro atoms. The number of carbonyl (C=O) groups is 1. The third kappa shape index (κ3) is 2.71. The molecule has 0 radical (unpaired) electrons. The van der Waals surface area contributed by atoms with Gasteiger partial charge in [-0.1, -0.05) is 0 Å². The summed E-state index contributed by atoms with van der Waals surface area (Å²) in [5, 5.41) is 0. The molecule has 0 saturated carbocycles. The lowest BCUT2D eigenvalue weighted by molar-refractivity contribution is 0.0816. The van der Waals surface area contributed by atoms with E-state index in [0.717, 1.165) is 25.9 Å². The van der Waals surface area contributed by atoms with Crippen molar-refractivity contribution in [2.45, 2.75) is 18.9 Å². The van der Waals surface area contributed by atoms with Gasteiger partial charge < -0.3 is 15.4 Å². The van der Waals surface area contributed by atoms with Gasteiger partial charge in [0, 0.05) is 32.6 Å². The van der Waals surface area contributed by atoms with Gasteiger partial charge in [0.05, 0.1) is 11.7 Å². The molecule has 92 valence electrons. The number of ether oxygens (including phenoxy) is 1. The summed E-state index contributed by atoms with van der Waals surface area (Å²) in [6.07, 6.45) is 5.20. The van der Waals surface area contributed by atoms with Crippen LogP contribution in [0.4, 0.5) is 5.95 Å². The molecule has 1 aliphatic rings. The molecule has 6 heteroatoms. The van der Waals surface area contributed by atoms with Gasteiger partial charge in [0.15, 0.2) is 0 Å². The Morgan fingerprint density at radius 2 is 2.00 bits per heavy atom. The summed E-state index contributed by atoms with van der Waals surface area (Å²) in [5.74, 6) is 0.138. The number of hydrogen-bond acceptors (Lipinski definition) is 5. The third-order valence-electron chi connectivity index (χ3n) is 2.98. The first-order valence-corrected chi connectivity index (χ1v) is 5.60. The van der Waals surface area contributed by atoms with Crippen molar-refractivity contribution >= 4 is 11.9 Å². The van der Waals surface area contributed by atoms with E-state index in [1.807, 2.05) is 0 Å². The molecule has 6 nitrogen and oxygen atoms in total. The van der Waals surface area contributed by atoms with E-state index >= 15 is 0 Å². The van der Waals surface area contributed by atoms with Crippen LogP contribution in [0.15, 0.2) is 12.4 Å². The normalized spacial score (nSPS) is 17.1. The fourth-order valence-corrected chi connectivity index (χ4v) is 1.90. The van der Waals surface area contributed by atoms with Crippen molar-refractivity contribution < 1.29 is 9.53 Å². The maximum absolute atomic E-state index is 10.9. The van der Waals surface area contributed by atoms with Crippen LogP contribution in [0.2, 0.25) is 0 Å². The largest absolute Gasteiger partial charge is 0.381 e. The van der Waals surface area contributed by atoms with Crippen molar-refractivity contribution in [1.29, 1.82) is 0 Å². The molecule has 1 fully saturated rings. The van der Waals surface area contributed by atoms with Gasteiger partial charge in [-0.2, -0.15) is 0 Å². The molecule has 0 atom stereocenters. The Bertz CT molecular complexity index is 385. The highest BCUT2D eigenvalue weighted by Crippen LogP contribution is 2.17. The van der Waals surface area contributed by atoms with Crippen LogP contribution in [0.1, 0.15) is 23.2 Å². The monoisotopic (exact) mass is 236 g/mol. The SMILES string of the molecule is COC1CCN(c2ncc(C(N)=O)cn2)CC1. The van der Waals surface area contributed by atoms with Gasteiger partial charge in [0.2, 0.25) is 5.95 Å². The first-order valence-electron chi connectivity index (χ1n) is 5.60. The van der Waals surface area contributed by atoms with E-state index in [0.29, 0.717) is 17.6 Å². The minimum absolute atomic E-state index is 0.330. The van der Waals surface area contributed by atoms with Crippen LogP contribution >= 0.6 is 0 Å². The van der Waals surface area contributed by atoms with Gasteiger partial charge >= 0.3 is 0 Å². The minimum Gasteiger partial charge on any atom is -0.381 e. The predicted molar refractivity (Wildman–Crippen MR) is 62.8 cm³/mol. The Morgan fingerprint density at radius 3 is 2.47 bits per heavy atom. The van der Waals surface area contributed by atoms with Gasteiger partial charge in [-0.15, -0.1) is 0 Å². The molecular weight excluding hydrogens is 220 g/mol. The second kappa shape index (κ2) is 5.09. The van der Waals surface area contributed by atoms with Crippen LogP contribution < -0.4 is 10.6 Å². The fourth-order valence-electron chi connectivity index (χ4n) is 1.90. The van der Waals surface area contributed by atoms with Crippen LogP contribution in [0.5, 0.6) is 0 Å². The molecule has 1 aromatic rings. The van der Waals surface area contributed by atoms with E-state index in [9.17, 15) is 4.79 Å². The minimum atomic E-state index is -0.505. The van der Waals surface area contributed by atoms with E-state index in [4.69, 9.17) is 10.5 Å². The second-order valence-electron chi connectivity index (χ2n) is 4.06. The van der Waals surface area contributed by atoms with Gasteiger partial charge in [-0.25, -0.2) is 9.97 Å². The Labute approximate surface area is 99.8 Å². The van der Waals surface area contributed by atoms with Crippen LogP contribution in [0.25, 0.3) is 0 Å². The van der Waals surface area contributed by atoms with Crippen LogP contribution in [-0.4, -0.2) is 42.2 Å². The number of rotatable bonds is 3. The molecule has 0 aromatic carbocycles. The lowest BCUT2D eigenvalue weighted by Gasteiger charge is -2.31. The molecule has 1 aliphatic heterocycles. The summed E-state index contributed by atoms with van der Waals surface area (Å²) in [6.45, 7) is 1.74. The molecular formula is C11H16N4O2. The van der Waals surface area contributed by atoms with Gasteiger partial charge in [0.1, 0.15) is 0 Å². The van der Waals surface area contributed by atoms with Crippen molar-refractivity contribution in [3.63, 3.8) is 0 Å². The summed E-state index contributed by atoms with van der Waals surface area (Å²) in [5.41, 5.74) is 5.46. The summed E-state index contributed by atoms with van der Waals surface area (Å²) in [6, 6.07) is 0. The first-order chi connectivity index (χ1) is 8.20. The van der Waals surface area contributed by atoms with Crippen LogP contribution in [0, 0.1) is 0 Å². The third-order valence-corrected chi connectivity index (χ3v) is 2.98. The standard InChI is InChI=1S/C11H16N4O2/c1-17-9-2-4-15(5-3-9)11-13-6-8(7-14-11)10(12)16/h6-7,9H,2-5H2,1H3,(H2,12,16). The summed E-state index contributed by atoms with van der Waals surface area (Å²) >= 11 is 0. The van der Waals surface area contributed by atoms with E-state index < -0.39 is 5.91 Å². The number of amides is 1. The van der Waals surface area contributed by atoms with Crippen molar-refractivity contribution in [2.75, 3.05) is 25.1 Å². The average molecular weight is 236 g/mol. The second-order valence-corrected chi connectivity index (χ2v) is 4.06. The molecule has 17 heavy (non-hydrogen) atoms. The van der Waals surface area contributed by atoms with Gasteiger partial charge in [-0.3, -0.25) is 4.79 Å². The van der Waals surface area contributed by atoms with E-state index in [-0.39, 0.29) is 0 Å². The lowest BCUT2D eigenvalue weighted by atomic mass is 10.1. The summed E-state index contributed by atoms with van der Waals surface area (Å²) in [7, 11) is 1.73. The maximum Gasteiger partial charge on any atom is 0.251 e. The highest BCUT2D eigenvalue weighted by atomic mass is 16.5. The van der Waals surface area contributed by atoms with Crippen molar-refractivity contribution in [3.05, 3.63) is 18.0 Å². The van der Waals surface area contributed by atoms with Crippen molar-refractivity contribution in [3.8, 4) is 0 Å². The van der Waals surface area contributed by atoms with Crippen LogP contribution in [0.3, 0.4) is 0 Å². The fraction of sp³-hybridized carbons (Fsp3) is 0.545. The van der Waals surface area contributed by atoms with Gasteiger partial charge in [0.25, 0.3) is 5.91 Å². The van der Waals surface area contributed by atoms with Crippen molar-refractivity contribution in [2.24, 2.45) is 5.73 Å². The number of piperidine rings is 1. The Balaban J connectivity index is 2.01. The van der Waals surface area contributed by atoms with Crippen molar-refractivity contribution in [1.82, 2.24) is 9.97 Å². The Hall–Kier alpha value is -1.69. The predicted octanol–water partition coefficient (Wildman–Crippen LogP) is 0.191. The van der Waals surface area contributed by atoms with E-state index in [2.05, 4.69) is 14.9 Å². The number of carbonyl (C=O) groups excluding carboxylic acids is 1. The maximum atomic E-state index is 10.9. The first kappa shape index (κ1) is 11.8. The smallest absolute Gasteiger partial charge is 0.251 e. The lowest BCUT2D eigenvalue weighted by Crippen LogP contribution is -2.37. The summed E-state index contributed by atoms with van der Waals surface area (Å²) in [4.78, 5) is 21.3. The van der Waals surface area contributed by atoms with E-state index in [1.54, 1.807) is 7.11 Å². The number of aromatic nitrogens is 2. The zero-order valence-electron chi connectivity index (χ0n) is 9.80. The molecule has 2 heterocycles. The quantitative estimate of drug-likeness (QED) is 0.810. The zero-order valence-corrected chi connectivity index (χ0v) is 9.80. The molecule has 0 unspecified atom stereocenters. The topological polar surface area (TPSA) is 81.3 Å². The molecule has 1 aromatic heterocycles. The number of primary amides is 1. The van der Waals surface area contributed by atoms with Crippen LogP contribution in [-0.2, 0) is 4.74 Å². The molecule has 2 N–H and O–H groups in total. The number of nitrogens with zero attached hydrogens (tertiary/aromatic N) is 3. The molecule has 0 bridgehead atoms. The number of anilines is 1. The highest BCUT2D eigenvalue weighted by molar-refractivity contribution is 5.92. The average Bonchev–Trinajstić information content (AvgIpc) is 2.39. The Kier molecular flexibility index (Phi) is 3.53. The molecule has 0 aliphatic carbocycles. The highest BCUT2D eigenvalue weighted by Gasteiger charge is 2.20.